The molecule has 0 aliphatic carbocycles. The van der Waals surface area contributed by atoms with Crippen LogP contribution in [0.4, 0.5) is 5.69 Å². The summed E-state index contributed by atoms with van der Waals surface area (Å²) in [5.74, 6) is 0.405. The molecule has 0 saturated carbocycles. The summed E-state index contributed by atoms with van der Waals surface area (Å²) in [6.07, 6.45) is 3.14. The third-order valence-corrected chi connectivity index (χ3v) is 2.71. The van der Waals surface area contributed by atoms with Gasteiger partial charge in [0.25, 0.3) is 0 Å². The van der Waals surface area contributed by atoms with E-state index in [1.165, 1.54) is 10.9 Å². The normalized spacial score (nSPS) is 10.1. The first-order chi connectivity index (χ1) is 8.69. The van der Waals surface area contributed by atoms with Gasteiger partial charge in [-0.15, -0.1) is 5.10 Å². The Hall–Kier alpha value is -1.89. The number of anilines is 1. The maximum Gasteiger partial charge on any atom is 0.246 e. The van der Waals surface area contributed by atoms with Crippen molar-refractivity contribution in [2.24, 2.45) is 0 Å². The molecule has 1 heterocycles. The SMILES string of the molecule is COc1ccc(Br)cc1NC(=O)Cn1ccnn1. The van der Waals surface area contributed by atoms with Gasteiger partial charge in [-0.3, -0.25) is 4.79 Å². The zero-order valence-corrected chi connectivity index (χ0v) is 11.2. The van der Waals surface area contributed by atoms with Gasteiger partial charge in [-0.2, -0.15) is 0 Å². The Balaban J connectivity index is 2.08. The lowest BCUT2D eigenvalue weighted by Crippen LogP contribution is -2.19. The van der Waals surface area contributed by atoms with Crippen LogP contribution in [0.1, 0.15) is 0 Å². The number of carbonyl (C=O) groups excluding carboxylic acids is 1. The van der Waals surface area contributed by atoms with E-state index >= 15 is 0 Å². The van der Waals surface area contributed by atoms with Gasteiger partial charge in [0.05, 0.1) is 19.0 Å². The molecule has 7 heteroatoms. The van der Waals surface area contributed by atoms with Gasteiger partial charge in [-0.1, -0.05) is 21.1 Å². The smallest absolute Gasteiger partial charge is 0.246 e. The molecule has 94 valence electrons. The number of nitrogens with zero attached hydrogens (tertiary/aromatic N) is 3. The number of benzene rings is 1. The lowest BCUT2D eigenvalue weighted by Gasteiger charge is -2.10. The van der Waals surface area contributed by atoms with Crippen molar-refractivity contribution in [3.8, 4) is 5.75 Å². The number of ether oxygens (including phenoxy) is 1. The molecule has 0 aliphatic heterocycles. The fraction of sp³-hybridized carbons (Fsp3) is 0.182. The van der Waals surface area contributed by atoms with Crippen molar-refractivity contribution in [3.05, 3.63) is 35.1 Å². The zero-order chi connectivity index (χ0) is 13.0. The number of hydrogen-bond donors (Lipinski definition) is 1. The average Bonchev–Trinajstić information content (AvgIpc) is 2.82. The van der Waals surface area contributed by atoms with Gasteiger partial charge >= 0.3 is 0 Å². The van der Waals surface area contributed by atoms with Crippen LogP contribution in [0, 0.1) is 0 Å². The van der Waals surface area contributed by atoms with Gasteiger partial charge in [0.15, 0.2) is 0 Å². The Morgan fingerprint density at radius 1 is 1.56 bits per heavy atom. The summed E-state index contributed by atoms with van der Waals surface area (Å²) in [6, 6.07) is 5.39. The van der Waals surface area contributed by atoms with Crippen LogP contribution in [0.15, 0.2) is 35.1 Å². The second kappa shape index (κ2) is 5.63. The first kappa shape index (κ1) is 12.6. The van der Waals surface area contributed by atoms with Gasteiger partial charge in [-0.25, -0.2) is 4.68 Å². The number of methoxy groups -OCH3 is 1. The first-order valence-corrected chi connectivity index (χ1v) is 5.96. The number of aromatic nitrogens is 3. The van der Waals surface area contributed by atoms with E-state index in [-0.39, 0.29) is 12.5 Å². The summed E-state index contributed by atoms with van der Waals surface area (Å²) in [5, 5.41) is 10.1. The average molecular weight is 311 g/mol. The minimum atomic E-state index is -0.197. The molecule has 1 aromatic carbocycles. The maximum atomic E-state index is 11.8. The van der Waals surface area contributed by atoms with Crippen LogP contribution in [0.5, 0.6) is 5.75 Å². The molecule has 1 amide bonds. The van der Waals surface area contributed by atoms with Gasteiger partial charge < -0.3 is 10.1 Å². The van der Waals surface area contributed by atoms with E-state index in [0.717, 1.165) is 4.47 Å². The molecule has 0 atom stereocenters. The van der Waals surface area contributed by atoms with Gasteiger partial charge in [0.1, 0.15) is 12.3 Å². The van der Waals surface area contributed by atoms with Crippen LogP contribution in [-0.4, -0.2) is 28.0 Å². The highest BCUT2D eigenvalue weighted by Gasteiger charge is 2.09. The fourth-order valence-electron chi connectivity index (χ4n) is 1.43. The molecular weight excluding hydrogens is 300 g/mol. The van der Waals surface area contributed by atoms with Crippen LogP contribution in [0.3, 0.4) is 0 Å². The molecule has 0 saturated heterocycles. The lowest BCUT2D eigenvalue weighted by molar-refractivity contribution is -0.116. The Labute approximate surface area is 112 Å². The van der Waals surface area contributed by atoms with E-state index in [4.69, 9.17) is 4.74 Å². The summed E-state index contributed by atoms with van der Waals surface area (Å²) in [4.78, 5) is 11.8. The largest absolute Gasteiger partial charge is 0.495 e. The van der Waals surface area contributed by atoms with E-state index in [9.17, 15) is 4.79 Å². The minimum absolute atomic E-state index is 0.107. The summed E-state index contributed by atoms with van der Waals surface area (Å²) in [7, 11) is 1.55. The number of hydrogen-bond acceptors (Lipinski definition) is 4. The zero-order valence-electron chi connectivity index (χ0n) is 9.63. The third-order valence-electron chi connectivity index (χ3n) is 2.21. The van der Waals surface area contributed by atoms with Crippen molar-refractivity contribution < 1.29 is 9.53 Å². The van der Waals surface area contributed by atoms with E-state index in [1.807, 2.05) is 6.07 Å². The second-order valence-electron chi connectivity index (χ2n) is 3.49. The Morgan fingerprint density at radius 2 is 2.39 bits per heavy atom. The standard InChI is InChI=1S/C11H11BrN4O2/c1-18-10-3-2-8(12)6-9(10)14-11(17)7-16-5-4-13-15-16/h2-6H,7H2,1H3,(H,14,17). The molecule has 6 nitrogen and oxygen atoms in total. The highest BCUT2D eigenvalue weighted by Crippen LogP contribution is 2.27. The lowest BCUT2D eigenvalue weighted by atomic mass is 10.3. The summed E-state index contributed by atoms with van der Waals surface area (Å²) in [5.41, 5.74) is 0.608. The molecule has 0 aliphatic rings. The molecule has 0 spiro atoms. The molecule has 2 aromatic rings. The Bertz CT molecular complexity index is 542. The fourth-order valence-corrected chi connectivity index (χ4v) is 1.79. The van der Waals surface area contributed by atoms with Gasteiger partial charge in [0, 0.05) is 10.7 Å². The first-order valence-electron chi connectivity index (χ1n) is 5.16. The molecule has 18 heavy (non-hydrogen) atoms. The minimum Gasteiger partial charge on any atom is -0.495 e. The molecule has 0 fully saturated rings. The second-order valence-corrected chi connectivity index (χ2v) is 4.41. The van der Waals surface area contributed by atoms with Crippen molar-refractivity contribution >= 4 is 27.5 Å². The van der Waals surface area contributed by atoms with Crippen molar-refractivity contribution in [2.45, 2.75) is 6.54 Å². The quantitative estimate of drug-likeness (QED) is 0.933. The molecule has 0 radical (unpaired) electrons. The molecule has 1 N–H and O–H groups in total. The van der Waals surface area contributed by atoms with Crippen LogP contribution in [0.2, 0.25) is 0 Å². The summed E-state index contributed by atoms with van der Waals surface area (Å²) >= 11 is 3.34. The molecule has 0 unspecified atom stereocenters. The van der Waals surface area contributed by atoms with Crippen LogP contribution < -0.4 is 10.1 Å². The van der Waals surface area contributed by atoms with E-state index in [0.29, 0.717) is 11.4 Å². The Morgan fingerprint density at radius 3 is 3.06 bits per heavy atom. The topological polar surface area (TPSA) is 69.0 Å². The monoisotopic (exact) mass is 310 g/mol. The van der Waals surface area contributed by atoms with E-state index < -0.39 is 0 Å². The number of amides is 1. The van der Waals surface area contributed by atoms with Gasteiger partial charge in [-0.05, 0) is 18.2 Å². The Kier molecular flexibility index (Phi) is 3.93. The highest BCUT2D eigenvalue weighted by molar-refractivity contribution is 9.10. The predicted molar refractivity (Wildman–Crippen MR) is 69.3 cm³/mol. The predicted octanol–water partition coefficient (Wildman–Crippen LogP) is 1.69. The van der Waals surface area contributed by atoms with E-state index in [1.54, 1.807) is 25.4 Å². The number of rotatable bonds is 4. The number of nitrogens with one attached hydrogen (secondary N) is 1. The molecule has 1 aromatic heterocycles. The van der Waals surface area contributed by atoms with Crippen molar-refractivity contribution in [1.82, 2.24) is 15.0 Å². The van der Waals surface area contributed by atoms with Crippen molar-refractivity contribution in [2.75, 3.05) is 12.4 Å². The van der Waals surface area contributed by atoms with Crippen LogP contribution >= 0.6 is 15.9 Å². The van der Waals surface area contributed by atoms with E-state index in [2.05, 4.69) is 31.6 Å². The van der Waals surface area contributed by atoms with Crippen molar-refractivity contribution in [3.63, 3.8) is 0 Å². The highest BCUT2D eigenvalue weighted by atomic mass is 79.9. The summed E-state index contributed by atoms with van der Waals surface area (Å²) < 4.78 is 7.47. The molecule has 2 rings (SSSR count). The van der Waals surface area contributed by atoms with Crippen molar-refractivity contribution in [1.29, 1.82) is 0 Å². The number of halogens is 1. The summed E-state index contributed by atoms with van der Waals surface area (Å²) in [6.45, 7) is 0.107. The van der Waals surface area contributed by atoms with Gasteiger partial charge in [0.2, 0.25) is 5.91 Å². The molecule has 0 bridgehead atoms. The maximum absolute atomic E-state index is 11.8. The third kappa shape index (κ3) is 3.07. The molecular formula is C11H11BrN4O2. The number of carbonyl (C=O) groups is 1. The van der Waals surface area contributed by atoms with Crippen LogP contribution in [0.25, 0.3) is 0 Å². The van der Waals surface area contributed by atoms with Crippen LogP contribution in [-0.2, 0) is 11.3 Å².